The van der Waals surface area contributed by atoms with Crippen LogP contribution in [0.1, 0.15) is 36.8 Å². The molecule has 230 valence electrons. The van der Waals surface area contributed by atoms with Crippen LogP contribution >= 0.6 is 0 Å². The molecule has 1 spiro atoms. The molecule has 0 atom stereocenters. The van der Waals surface area contributed by atoms with Gasteiger partial charge >= 0.3 is 0 Å². The number of benzene rings is 8. The zero-order valence-corrected chi connectivity index (χ0v) is 27.3. The van der Waals surface area contributed by atoms with Gasteiger partial charge in [-0.2, -0.15) is 0 Å². The first-order valence-electron chi connectivity index (χ1n) is 17.8. The van der Waals surface area contributed by atoms with E-state index in [9.17, 15) is 0 Å². The molecule has 3 aliphatic rings. The maximum absolute atomic E-state index is 2.56. The van der Waals surface area contributed by atoms with Gasteiger partial charge in [-0.05, 0) is 118 Å². The topological polar surface area (TPSA) is 0 Å². The van der Waals surface area contributed by atoms with Crippen molar-refractivity contribution in [1.29, 1.82) is 0 Å². The molecule has 11 rings (SSSR count). The molecule has 0 heteroatoms. The summed E-state index contributed by atoms with van der Waals surface area (Å²) in [5.74, 6) is 0. The van der Waals surface area contributed by atoms with E-state index in [1.165, 1.54) is 114 Å². The SMILES string of the molecule is c1ccc(-c2c3c(c(-c4ccccc4)c4ccccc24)-c2ccc(-c4ccc5c(c4)C4(CCCC4)c4ccccc4-5)c4cccc-3c24)cc1. The molecule has 49 heavy (non-hydrogen) atoms. The molecular formula is C49H34. The Balaban J connectivity index is 1.21. The Kier molecular flexibility index (Phi) is 5.64. The van der Waals surface area contributed by atoms with Crippen molar-refractivity contribution >= 4 is 21.5 Å². The van der Waals surface area contributed by atoms with Crippen molar-refractivity contribution in [2.75, 3.05) is 0 Å². The van der Waals surface area contributed by atoms with Crippen LogP contribution in [0.4, 0.5) is 0 Å². The summed E-state index contributed by atoms with van der Waals surface area (Å²) in [6, 6.07) is 59.5. The highest BCUT2D eigenvalue weighted by Gasteiger charge is 2.45. The molecule has 0 radical (unpaired) electrons. The Morgan fingerprint density at radius 1 is 0.327 bits per heavy atom. The molecule has 0 aromatic heterocycles. The van der Waals surface area contributed by atoms with E-state index in [1.54, 1.807) is 11.1 Å². The molecule has 0 bridgehead atoms. The summed E-state index contributed by atoms with van der Waals surface area (Å²) in [4.78, 5) is 0. The first-order valence-corrected chi connectivity index (χ1v) is 17.8. The van der Waals surface area contributed by atoms with E-state index < -0.39 is 0 Å². The minimum atomic E-state index is 0.155. The highest BCUT2D eigenvalue weighted by atomic mass is 14.5. The Morgan fingerprint density at radius 3 is 1.53 bits per heavy atom. The lowest BCUT2D eigenvalue weighted by Gasteiger charge is -2.27. The average molecular weight is 623 g/mol. The first kappa shape index (κ1) is 27.3. The van der Waals surface area contributed by atoms with Crippen LogP contribution in [0.25, 0.3) is 88.3 Å². The van der Waals surface area contributed by atoms with Crippen LogP contribution in [0.5, 0.6) is 0 Å². The summed E-state index contributed by atoms with van der Waals surface area (Å²) >= 11 is 0. The summed E-state index contributed by atoms with van der Waals surface area (Å²) in [7, 11) is 0. The zero-order valence-electron chi connectivity index (χ0n) is 27.3. The van der Waals surface area contributed by atoms with Crippen molar-refractivity contribution in [3.63, 3.8) is 0 Å². The molecule has 0 saturated heterocycles. The molecule has 0 amide bonds. The fraction of sp³-hybridized carbons (Fsp3) is 0.102. The van der Waals surface area contributed by atoms with Crippen molar-refractivity contribution in [1.82, 2.24) is 0 Å². The second kappa shape index (κ2) is 10.1. The van der Waals surface area contributed by atoms with E-state index in [1.807, 2.05) is 0 Å². The maximum Gasteiger partial charge on any atom is 0.0215 e. The second-order valence-electron chi connectivity index (χ2n) is 14.3. The third-order valence-corrected chi connectivity index (χ3v) is 12.0. The second-order valence-corrected chi connectivity index (χ2v) is 14.3. The van der Waals surface area contributed by atoms with Crippen molar-refractivity contribution in [2.45, 2.75) is 31.1 Å². The van der Waals surface area contributed by atoms with E-state index in [4.69, 9.17) is 0 Å². The van der Waals surface area contributed by atoms with Crippen LogP contribution in [-0.4, -0.2) is 0 Å². The lowest BCUT2D eigenvalue weighted by atomic mass is 9.76. The van der Waals surface area contributed by atoms with Crippen LogP contribution in [0.2, 0.25) is 0 Å². The summed E-state index contributed by atoms with van der Waals surface area (Å²) < 4.78 is 0. The van der Waals surface area contributed by atoms with Gasteiger partial charge in [-0.3, -0.25) is 0 Å². The normalized spacial score (nSPS) is 14.8. The van der Waals surface area contributed by atoms with Crippen LogP contribution in [0, 0.1) is 0 Å². The van der Waals surface area contributed by atoms with Crippen molar-refractivity contribution in [2.24, 2.45) is 0 Å². The minimum Gasteiger partial charge on any atom is -0.0622 e. The average Bonchev–Trinajstić information content (AvgIpc) is 3.87. The Morgan fingerprint density at radius 2 is 0.837 bits per heavy atom. The lowest BCUT2D eigenvalue weighted by Crippen LogP contribution is -2.20. The molecule has 1 fully saturated rings. The maximum atomic E-state index is 2.56. The molecule has 0 aliphatic heterocycles. The Labute approximate surface area is 287 Å². The Bertz CT molecular complexity index is 2540. The summed E-state index contributed by atoms with van der Waals surface area (Å²) in [5, 5.41) is 5.32. The van der Waals surface area contributed by atoms with Crippen molar-refractivity contribution < 1.29 is 0 Å². The van der Waals surface area contributed by atoms with Gasteiger partial charge in [0.15, 0.2) is 0 Å². The molecule has 0 N–H and O–H groups in total. The highest BCUT2D eigenvalue weighted by molar-refractivity contribution is 6.28. The molecule has 0 unspecified atom stereocenters. The largest absolute Gasteiger partial charge is 0.0622 e. The quantitative estimate of drug-likeness (QED) is 0.184. The van der Waals surface area contributed by atoms with Crippen LogP contribution in [-0.2, 0) is 5.41 Å². The van der Waals surface area contributed by atoms with Gasteiger partial charge in [0.2, 0.25) is 0 Å². The number of hydrogen-bond acceptors (Lipinski definition) is 0. The molecular weight excluding hydrogens is 589 g/mol. The molecule has 8 aromatic carbocycles. The van der Waals surface area contributed by atoms with Crippen molar-refractivity contribution in [3.05, 3.63) is 169 Å². The van der Waals surface area contributed by atoms with E-state index in [0.29, 0.717) is 0 Å². The van der Waals surface area contributed by atoms with Gasteiger partial charge in [0.25, 0.3) is 0 Å². The fourth-order valence-electron chi connectivity index (χ4n) is 10.0. The number of rotatable bonds is 3. The highest BCUT2D eigenvalue weighted by Crippen LogP contribution is 2.60. The molecule has 8 aromatic rings. The first-order chi connectivity index (χ1) is 24.3. The van der Waals surface area contributed by atoms with Gasteiger partial charge in [-0.1, -0.05) is 165 Å². The fourth-order valence-corrected chi connectivity index (χ4v) is 10.0. The summed E-state index contributed by atoms with van der Waals surface area (Å²) in [6.45, 7) is 0. The standard InChI is InChI=1S/C49H34/c1-3-14-31(15-4-1)44-38-19-7-8-20-39(38)45(32-16-5-2-6-17-32)48-41-27-26-34(37-21-13-22-40(46(37)41)47(44)48)33-24-25-36-35-18-9-10-23-42(35)49(43(36)30-33)28-11-12-29-49/h1-10,13-27,30H,11-12,28-29H2. The van der Waals surface area contributed by atoms with Crippen molar-refractivity contribution in [3.8, 4) is 66.8 Å². The van der Waals surface area contributed by atoms with E-state index in [0.717, 1.165) is 0 Å². The van der Waals surface area contributed by atoms with Gasteiger partial charge in [0.1, 0.15) is 0 Å². The van der Waals surface area contributed by atoms with E-state index in [-0.39, 0.29) is 5.41 Å². The van der Waals surface area contributed by atoms with Crippen LogP contribution in [0.15, 0.2) is 158 Å². The van der Waals surface area contributed by atoms with Gasteiger partial charge < -0.3 is 0 Å². The van der Waals surface area contributed by atoms with Gasteiger partial charge in [0.05, 0.1) is 0 Å². The summed E-state index contributed by atoms with van der Waals surface area (Å²) in [6.07, 6.45) is 5.10. The van der Waals surface area contributed by atoms with E-state index in [2.05, 4.69) is 158 Å². The predicted octanol–water partition coefficient (Wildman–Crippen LogP) is 13.5. The minimum absolute atomic E-state index is 0.155. The van der Waals surface area contributed by atoms with Gasteiger partial charge in [-0.15, -0.1) is 0 Å². The van der Waals surface area contributed by atoms with Gasteiger partial charge in [-0.25, -0.2) is 0 Å². The molecule has 0 heterocycles. The summed E-state index contributed by atoms with van der Waals surface area (Å²) in [5.41, 5.74) is 19.4. The third-order valence-electron chi connectivity index (χ3n) is 12.0. The Hall–Kier alpha value is -5.72. The monoisotopic (exact) mass is 622 g/mol. The van der Waals surface area contributed by atoms with Crippen LogP contribution < -0.4 is 0 Å². The smallest absolute Gasteiger partial charge is 0.0215 e. The number of hydrogen-bond donors (Lipinski definition) is 0. The van der Waals surface area contributed by atoms with Gasteiger partial charge in [0, 0.05) is 5.41 Å². The third kappa shape index (κ3) is 3.64. The number of fused-ring (bicyclic) bond motifs is 9. The molecule has 0 nitrogen and oxygen atoms in total. The zero-order chi connectivity index (χ0) is 32.1. The molecule has 1 saturated carbocycles. The van der Waals surface area contributed by atoms with Crippen LogP contribution in [0.3, 0.4) is 0 Å². The van der Waals surface area contributed by atoms with E-state index >= 15 is 0 Å². The predicted molar refractivity (Wildman–Crippen MR) is 207 cm³/mol. The molecule has 3 aliphatic carbocycles. The lowest BCUT2D eigenvalue weighted by molar-refractivity contribution is 0.550.